The fraction of sp³-hybridized carbons (Fsp3) is 0.133. The molecule has 3 heteroatoms. The molecule has 92 valence electrons. The average molecular weight is 242 g/mol. The molecule has 1 atom stereocenters. The SMILES string of the molecule is CC(c1ccccc1)c1ccc(O)c(C(=O)O)c1. The van der Waals surface area contributed by atoms with Gasteiger partial charge in [-0.3, -0.25) is 0 Å². The van der Waals surface area contributed by atoms with Gasteiger partial charge in [0.05, 0.1) is 0 Å². The van der Waals surface area contributed by atoms with Gasteiger partial charge in [-0.2, -0.15) is 0 Å². The van der Waals surface area contributed by atoms with Crippen LogP contribution in [0.4, 0.5) is 0 Å². The highest BCUT2D eigenvalue weighted by atomic mass is 16.4. The summed E-state index contributed by atoms with van der Waals surface area (Å²) < 4.78 is 0. The predicted octanol–water partition coefficient (Wildman–Crippen LogP) is 3.24. The monoisotopic (exact) mass is 242 g/mol. The molecule has 0 radical (unpaired) electrons. The van der Waals surface area contributed by atoms with Gasteiger partial charge < -0.3 is 10.2 Å². The van der Waals surface area contributed by atoms with Gasteiger partial charge in [-0.15, -0.1) is 0 Å². The second-order valence-electron chi connectivity index (χ2n) is 4.21. The molecule has 0 aliphatic carbocycles. The maximum absolute atomic E-state index is 11.0. The Kier molecular flexibility index (Phi) is 3.33. The second-order valence-corrected chi connectivity index (χ2v) is 4.21. The lowest BCUT2D eigenvalue weighted by Gasteiger charge is -2.13. The number of aromatic carboxylic acids is 1. The van der Waals surface area contributed by atoms with Crippen LogP contribution in [0.25, 0.3) is 0 Å². The van der Waals surface area contributed by atoms with Gasteiger partial charge in [-0.05, 0) is 23.3 Å². The van der Waals surface area contributed by atoms with Crippen molar-refractivity contribution in [3.05, 3.63) is 65.2 Å². The maximum atomic E-state index is 11.0. The number of hydrogen-bond donors (Lipinski definition) is 2. The zero-order valence-corrected chi connectivity index (χ0v) is 10.00. The van der Waals surface area contributed by atoms with E-state index >= 15 is 0 Å². The zero-order chi connectivity index (χ0) is 13.1. The average Bonchev–Trinajstić information content (AvgIpc) is 2.39. The predicted molar refractivity (Wildman–Crippen MR) is 69.0 cm³/mol. The van der Waals surface area contributed by atoms with E-state index in [1.807, 2.05) is 37.3 Å². The highest BCUT2D eigenvalue weighted by molar-refractivity contribution is 5.91. The molecule has 0 bridgehead atoms. The molecule has 0 fully saturated rings. The van der Waals surface area contributed by atoms with Crippen molar-refractivity contribution in [2.75, 3.05) is 0 Å². The van der Waals surface area contributed by atoms with E-state index in [1.54, 1.807) is 6.07 Å². The summed E-state index contributed by atoms with van der Waals surface area (Å²) in [6.45, 7) is 2.01. The van der Waals surface area contributed by atoms with E-state index in [0.29, 0.717) is 0 Å². The molecule has 0 spiro atoms. The summed E-state index contributed by atoms with van der Waals surface area (Å²) in [4.78, 5) is 11.0. The number of rotatable bonds is 3. The first kappa shape index (κ1) is 12.2. The van der Waals surface area contributed by atoms with Gasteiger partial charge in [-0.1, -0.05) is 43.3 Å². The molecule has 0 saturated heterocycles. The topological polar surface area (TPSA) is 57.5 Å². The second kappa shape index (κ2) is 4.92. The lowest BCUT2D eigenvalue weighted by atomic mass is 9.92. The normalized spacial score (nSPS) is 12.1. The smallest absolute Gasteiger partial charge is 0.339 e. The summed E-state index contributed by atoms with van der Waals surface area (Å²) in [6.07, 6.45) is 0. The number of phenols is 1. The lowest BCUT2D eigenvalue weighted by molar-refractivity contribution is 0.0693. The van der Waals surface area contributed by atoms with Gasteiger partial charge in [0.1, 0.15) is 11.3 Å². The molecule has 0 amide bonds. The fourth-order valence-corrected chi connectivity index (χ4v) is 1.93. The number of benzene rings is 2. The van der Waals surface area contributed by atoms with Crippen LogP contribution in [0.2, 0.25) is 0 Å². The summed E-state index contributed by atoms with van der Waals surface area (Å²) in [6, 6.07) is 14.5. The van der Waals surface area contributed by atoms with Crippen molar-refractivity contribution in [2.45, 2.75) is 12.8 Å². The molecule has 2 aromatic carbocycles. The van der Waals surface area contributed by atoms with E-state index in [1.165, 1.54) is 12.1 Å². The molecule has 0 heterocycles. The largest absolute Gasteiger partial charge is 0.507 e. The van der Waals surface area contributed by atoms with Gasteiger partial charge in [0, 0.05) is 5.92 Å². The number of hydrogen-bond acceptors (Lipinski definition) is 2. The molecule has 0 aliphatic rings. The Bertz CT molecular complexity index is 561. The van der Waals surface area contributed by atoms with E-state index < -0.39 is 5.97 Å². The van der Waals surface area contributed by atoms with Crippen LogP contribution in [0.1, 0.15) is 34.3 Å². The van der Waals surface area contributed by atoms with Gasteiger partial charge >= 0.3 is 5.97 Å². The molecule has 0 aromatic heterocycles. The minimum atomic E-state index is -1.12. The summed E-state index contributed by atoms with van der Waals surface area (Å²) in [7, 11) is 0. The van der Waals surface area contributed by atoms with E-state index in [9.17, 15) is 9.90 Å². The van der Waals surface area contributed by atoms with Crippen molar-refractivity contribution >= 4 is 5.97 Å². The van der Waals surface area contributed by atoms with Crippen LogP contribution in [-0.4, -0.2) is 16.2 Å². The van der Waals surface area contributed by atoms with Crippen LogP contribution in [0.3, 0.4) is 0 Å². The van der Waals surface area contributed by atoms with Crippen molar-refractivity contribution in [1.82, 2.24) is 0 Å². The third-order valence-electron chi connectivity index (χ3n) is 3.05. The highest BCUT2D eigenvalue weighted by Gasteiger charge is 2.14. The molecule has 2 rings (SSSR count). The Labute approximate surface area is 105 Å². The highest BCUT2D eigenvalue weighted by Crippen LogP contribution is 2.27. The Morgan fingerprint density at radius 2 is 1.72 bits per heavy atom. The van der Waals surface area contributed by atoms with Crippen LogP contribution in [0.15, 0.2) is 48.5 Å². The molecule has 3 nitrogen and oxygen atoms in total. The van der Waals surface area contributed by atoms with E-state index in [2.05, 4.69) is 0 Å². The Balaban J connectivity index is 2.40. The Morgan fingerprint density at radius 3 is 2.33 bits per heavy atom. The first-order chi connectivity index (χ1) is 8.59. The Hall–Kier alpha value is -2.29. The van der Waals surface area contributed by atoms with Crippen molar-refractivity contribution in [3.63, 3.8) is 0 Å². The van der Waals surface area contributed by atoms with Crippen molar-refractivity contribution < 1.29 is 15.0 Å². The summed E-state index contributed by atoms with van der Waals surface area (Å²) in [5.41, 5.74) is 1.92. The number of carbonyl (C=O) groups is 1. The zero-order valence-electron chi connectivity index (χ0n) is 10.00. The van der Waals surface area contributed by atoms with Crippen molar-refractivity contribution in [3.8, 4) is 5.75 Å². The van der Waals surface area contributed by atoms with Crippen LogP contribution in [0.5, 0.6) is 5.75 Å². The van der Waals surface area contributed by atoms with Gasteiger partial charge in [0.15, 0.2) is 0 Å². The van der Waals surface area contributed by atoms with E-state index in [0.717, 1.165) is 11.1 Å². The van der Waals surface area contributed by atoms with Crippen molar-refractivity contribution in [2.24, 2.45) is 0 Å². The van der Waals surface area contributed by atoms with Gasteiger partial charge in [-0.25, -0.2) is 4.79 Å². The first-order valence-electron chi connectivity index (χ1n) is 5.70. The third-order valence-corrected chi connectivity index (χ3v) is 3.05. The summed E-state index contributed by atoms with van der Waals surface area (Å²) in [5.74, 6) is -1.23. The quantitative estimate of drug-likeness (QED) is 0.868. The molecule has 2 N–H and O–H groups in total. The van der Waals surface area contributed by atoms with Crippen LogP contribution < -0.4 is 0 Å². The number of carboxylic acid groups (broad SMARTS) is 1. The fourth-order valence-electron chi connectivity index (χ4n) is 1.93. The Morgan fingerprint density at radius 1 is 1.06 bits per heavy atom. The summed E-state index contributed by atoms with van der Waals surface area (Å²) in [5, 5.41) is 18.5. The van der Waals surface area contributed by atoms with Crippen LogP contribution >= 0.6 is 0 Å². The lowest BCUT2D eigenvalue weighted by Crippen LogP contribution is -2.01. The molecular weight excluding hydrogens is 228 g/mol. The van der Waals surface area contributed by atoms with E-state index in [4.69, 9.17) is 5.11 Å². The van der Waals surface area contributed by atoms with Gasteiger partial charge in [0.25, 0.3) is 0 Å². The maximum Gasteiger partial charge on any atom is 0.339 e. The number of aromatic hydroxyl groups is 1. The molecular formula is C15H14O3. The molecule has 1 unspecified atom stereocenters. The molecule has 2 aromatic rings. The minimum absolute atomic E-state index is 0.0599. The summed E-state index contributed by atoms with van der Waals surface area (Å²) >= 11 is 0. The van der Waals surface area contributed by atoms with E-state index in [-0.39, 0.29) is 17.2 Å². The van der Waals surface area contributed by atoms with Crippen LogP contribution in [-0.2, 0) is 0 Å². The first-order valence-corrected chi connectivity index (χ1v) is 5.70. The van der Waals surface area contributed by atoms with Gasteiger partial charge in [0.2, 0.25) is 0 Å². The number of carboxylic acids is 1. The molecule has 0 saturated carbocycles. The standard InChI is InChI=1S/C15H14O3/c1-10(11-5-3-2-4-6-11)12-7-8-14(16)13(9-12)15(17)18/h2-10,16H,1H3,(H,17,18). The van der Waals surface area contributed by atoms with Crippen molar-refractivity contribution in [1.29, 1.82) is 0 Å². The molecule has 0 aliphatic heterocycles. The minimum Gasteiger partial charge on any atom is -0.507 e. The van der Waals surface area contributed by atoms with Crippen LogP contribution in [0, 0.1) is 0 Å². The third kappa shape index (κ3) is 2.35. The molecule has 18 heavy (non-hydrogen) atoms.